The maximum atomic E-state index is 12.8. The topological polar surface area (TPSA) is 95.9 Å². The Morgan fingerprint density at radius 2 is 1.66 bits per heavy atom. The Kier molecular flexibility index (Phi) is 6.44. The van der Waals surface area contributed by atoms with Crippen molar-refractivity contribution in [2.24, 2.45) is 5.92 Å². The second kappa shape index (κ2) is 9.42. The van der Waals surface area contributed by atoms with E-state index in [1.54, 1.807) is 0 Å². The molecule has 1 saturated heterocycles. The third kappa shape index (κ3) is 4.33. The Morgan fingerprint density at radius 3 is 2.22 bits per heavy atom. The van der Waals surface area contributed by atoms with Gasteiger partial charge in [0.2, 0.25) is 5.91 Å². The number of nitrogens with one attached hydrogen (secondary N) is 1. The first-order valence-corrected chi connectivity index (χ1v) is 11.1. The molecule has 2 amide bonds. The van der Waals surface area contributed by atoms with E-state index >= 15 is 0 Å². The third-order valence-corrected chi connectivity index (χ3v) is 6.32. The van der Waals surface area contributed by atoms with E-state index in [2.05, 4.69) is 29.6 Å². The lowest BCUT2D eigenvalue weighted by Gasteiger charge is -2.38. The predicted molar refractivity (Wildman–Crippen MR) is 119 cm³/mol. The second-order valence-corrected chi connectivity index (χ2v) is 8.44. The van der Waals surface area contributed by atoms with Crippen molar-refractivity contribution < 1.29 is 24.2 Å². The lowest BCUT2D eigenvalue weighted by molar-refractivity contribution is -0.153. The summed E-state index contributed by atoms with van der Waals surface area (Å²) < 4.78 is 5.58. The summed E-state index contributed by atoms with van der Waals surface area (Å²) in [6, 6.07) is 15.5. The van der Waals surface area contributed by atoms with Gasteiger partial charge in [-0.25, -0.2) is 4.79 Å². The van der Waals surface area contributed by atoms with E-state index in [4.69, 9.17) is 9.84 Å². The molecule has 0 spiro atoms. The molecule has 7 nitrogen and oxygen atoms in total. The van der Waals surface area contributed by atoms with Crippen LogP contribution >= 0.6 is 0 Å². The maximum absolute atomic E-state index is 12.8. The maximum Gasteiger partial charge on any atom is 0.407 e. The van der Waals surface area contributed by atoms with E-state index in [9.17, 15) is 14.4 Å². The summed E-state index contributed by atoms with van der Waals surface area (Å²) >= 11 is 0. The van der Waals surface area contributed by atoms with Gasteiger partial charge in [0.25, 0.3) is 0 Å². The number of benzene rings is 2. The molecule has 1 aliphatic carbocycles. The molecule has 2 N–H and O–H groups in total. The molecule has 0 radical (unpaired) electrons. The summed E-state index contributed by atoms with van der Waals surface area (Å²) in [4.78, 5) is 37.9. The smallest absolute Gasteiger partial charge is 0.407 e. The Labute approximate surface area is 187 Å². The van der Waals surface area contributed by atoms with Gasteiger partial charge in [-0.1, -0.05) is 68.3 Å². The van der Waals surface area contributed by atoms with E-state index in [0.717, 1.165) is 35.1 Å². The molecular weight excluding hydrogens is 408 g/mol. The van der Waals surface area contributed by atoms with Gasteiger partial charge in [-0.2, -0.15) is 0 Å². The zero-order valence-corrected chi connectivity index (χ0v) is 18.1. The number of carboxylic acid groups (broad SMARTS) is 1. The van der Waals surface area contributed by atoms with Crippen molar-refractivity contribution in [2.45, 2.75) is 38.1 Å². The zero-order chi connectivity index (χ0) is 22.7. The van der Waals surface area contributed by atoms with Crippen LogP contribution in [0.3, 0.4) is 0 Å². The standard InChI is InChI=1S/C25H28N2O5/c1-2-3-12-22(23(28)27-13-16(14-27)24(29)30)26-25(31)32-15-21-19-10-6-4-8-17(19)18-9-5-7-11-20(18)21/h4-11,16,21-22H,2-3,12-15H2,1H3,(H,26,31)(H,29,30)/t22-/m0/s1. The average Bonchev–Trinajstić information content (AvgIpc) is 3.07. The Balaban J connectivity index is 1.39. The number of amides is 2. The fraction of sp³-hybridized carbons (Fsp3) is 0.400. The average molecular weight is 437 g/mol. The van der Waals surface area contributed by atoms with Crippen LogP contribution in [0.25, 0.3) is 11.1 Å². The number of hydrogen-bond donors (Lipinski definition) is 2. The van der Waals surface area contributed by atoms with Gasteiger partial charge in [0.1, 0.15) is 12.6 Å². The van der Waals surface area contributed by atoms with Crippen molar-refractivity contribution in [1.29, 1.82) is 0 Å². The van der Waals surface area contributed by atoms with E-state index in [0.29, 0.717) is 6.42 Å². The SMILES string of the molecule is CCCC[C@H](NC(=O)OCC1c2ccccc2-c2ccccc21)C(=O)N1CC(C(=O)O)C1. The minimum Gasteiger partial charge on any atom is -0.481 e. The van der Waals surface area contributed by atoms with Crippen molar-refractivity contribution in [2.75, 3.05) is 19.7 Å². The first-order valence-electron chi connectivity index (χ1n) is 11.1. The fourth-order valence-electron chi connectivity index (χ4n) is 4.48. The van der Waals surface area contributed by atoms with Crippen LogP contribution in [0, 0.1) is 5.92 Å². The van der Waals surface area contributed by atoms with E-state index < -0.39 is 24.0 Å². The Morgan fingerprint density at radius 1 is 1.06 bits per heavy atom. The molecule has 2 aromatic rings. The molecule has 32 heavy (non-hydrogen) atoms. The van der Waals surface area contributed by atoms with Crippen molar-refractivity contribution >= 4 is 18.0 Å². The molecule has 1 heterocycles. The van der Waals surface area contributed by atoms with Crippen LogP contribution in [-0.2, 0) is 14.3 Å². The molecule has 2 aromatic carbocycles. The number of unbranched alkanes of at least 4 members (excludes halogenated alkanes) is 1. The third-order valence-electron chi connectivity index (χ3n) is 6.32. The first kappa shape index (κ1) is 21.9. The highest BCUT2D eigenvalue weighted by molar-refractivity contribution is 5.88. The number of hydrogen-bond acceptors (Lipinski definition) is 4. The number of carboxylic acids is 1. The largest absolute Gasteiger partial charge is 0.481 e. The highest BCUT2D eigenvalue weighted by Crippen LogP contribution is 2.44. The van der Waals surface area contributed by atoms with Gasteiger partial charge >= 0.3 is 12.1 Å². The summed E-state index contributed by atoms with van der Waals surface area (Å²) in [6.07, 6.45) is 1.52. The number of likely N-dealkylation sites (tertiary alicyclic amines) is 1. The lowest BCUT2D eigenvalue weighted by atomic mass is 9.98. The van der Waals surface area contributed by atoms with Crippen molar-refractivity contribution in [1.82, 2.24) is 10.2 Å². The molecule has 2 aliphatic rings. The van der Waals surface area contributed by atoms with Gasteiger partial charge in [0, 0.05) is 19.0 Å². The quantitative estimate of drug-likeness (QED) is 0.659. The van der Waals surface area contributed by atoms with Crippen LogP contribution in [0.15, 0.2) is 48.5 Å². The summed E-state index contributed by atoms with van der Waals surface area (Å²) in [5.74, 6) is -1.72. The molecule has 168 valence electrons. The highest BCUT2D eigenvalue weighted by atomic mass is 16.5. The van der Waals surface area contributed by atoms with Gasteiger partial charge in [-0.3, -0.25) is 9.59 Å². The number of fused-ring (bicyclic) bond motifs is 3. The zero-order valence-electron chi connectivity index (χ0n) is 18.1. The van der Waals surface area contributed by atoms with E-state index in [1.807, 2.05) is 31.2 Å². The number of carbonyl (C=O) groups is 3. The summed E-state index contributed by atoms with van der Waals surface area (Å²) in [7, 11) is 0. The number of aliphatic carboxylic acids is 1. The number of ether oxygens (including phenoxy) is 1. The van der Waals surface area contributed by atoms with Crippen molar-refractivity contribution in [3.05, 3.63) is 59.7 Å². The van der Waals surface area contributed by atoms with E-state index in [1.165, 1.54) is 4.90 Å². The van der Waals surface area contributed by atoms with E-state index in [-0.39, 0.29) is 31.5 Å². The van der Waals surface area contributed by atoms with Gasteiger partial charge in [-0.15, -0.1) is 0 Å². The second-order valence-electron chi connectivity index (χ2n) is 8.44. The fourth-order valence-corrected chi connectivity index (χ4v) is 4.48. The molecule has 0 unspecified atom stereocenters. The van der Waals surface area contributed by atoms with Gasteiger partial charge < -0.3 is 20.1 Å². The van der Waals surface area contributed by atoms with Gasteiger partial charge in [0.05, 0.1) is 5.92 Å². The first-order chi connectivity index (χ1) is 15.5. The van der Waals surface area contributed by atoms with Gasteiger partial charge in [-0.05, 0) is 28.7 Å². The summed E-state index contributed by atoms with van der Waals surface area (Å²) in [5.41, 5.74) is 4.55. The number of alkyl carbamates (subject to hydrolysis) is 1. The monoisotopic (exact) mass is 436 g/mol. The molecular formula is C25H28N2O5. The lowest BCUT2D eigenvalue weighted by Crippen LogP contribution is -2.58. The molecule has 4 rings (SSSR count). The van der Waals surface area contributed by atoms with Gasteiger partial charge in [0.15, 0.2) is 0 Å². The van der Waals surface area contributed by atoms with Crippen molar-refractivity contribution in [3.8, 4) is 11.1 Å². The predicted octanol–water partition coefficient (Wildman–Crippen LogP) is 3.63. The van der Waals surface area contributed by atoms with Crippen LogP contribution in [0.5, 0.6) is 0 Å². The number of carbonyl (C=O) groups excluding carboxylic acids is 2. The molecule has 0 bridgehead atoms. The van der Waals surface area contributed by atoms with Crippen LogP contribution in [-0.4, -0.2) is 53.7 Å². The highest BCUT2D eigenvalue weighted by Gasteiger charge is 2.38. The van der Waals surface area contributed by atoms with Crippen LogP contribution in [0.1, 0.15) is 43.2 Å². The minimum atomic E-state index is -0.899. The summed E-state index contributed by atoms with van der Waals surface area (Å²) in [6.45, 7) is 2.56. The molecule has 7 heteroatoms. The molecule has 1 fully saturated rings. The molecule has 0 aromatic heterocycles. The summed E-state index contributed by atoms with van der Waals surface area (Å²) in [5, 5.41) is 11.8. The van der Waals surface area contributed by atoms with Crippen molar-refractivity contribution in [3.63, 3.8) is 0 Å². The van der Waals surface area contributed by atoms with Crippen LogP contribution in [0.4, 0.5) is 4.79 Å². The van der Waals surface area contributed by atoms with Crippen LogP contribution < -0.4 is 5.32 Å². The number of rotatable bonds is 8. The molecule has 1 aliphatic heterocycles. The molecule has 0 saturated carbocycles. The Bertz CT molecular complexity index is 969. The normalized spacial score (nSPS) is 16.0. The molecule has 1 atom stereocenters. The van der Waals surface area contributed by atoms with Crippen LogP contribution in [0.2, 0.25) is 0 Å². The minimum absolute atomic E-state index is 0.0512. The Hall–Kier alpha value is -3.35. The number of nitrogens with zero attached hydrogens (tertiary/aromatic N) is 1.